The predicted octanol–water partition coefficient (Wildman–Crippen LogP) is 3.35. The van der Waals surface area contributed by atoms with Crippen molar-refractivity contribution >= 4 is 33.1 Å². The normalized spacial score (nSPS) is 12.1. The summed E-state index contributed by atoms with van der Waals surface area (Å²) in [6, 6.07) is 1.52. The van der Waals surface area contributed by atoms with Crippen LogP contribution in [0.3, 0.4) is 0 Å². The molecule has 0 aliphatic rings. The molecule has 2 heterocycles. The summed E-state index contributed by atoms with van der Waals surface area (Å²) >= 11 is 4.64. The topological polar surface area (TPSA) is 78.2 Å². The zero-order chi connectivity index (χ0) is 13.1. The van der Waals surface area contributed by atoms with E-state index in [1.807, 2.05) is 5.38 Å². The van der Waals surface area contributed by atoms with Gasteiger partial charge in [-0.05, 0) is 32.8 Å². The molecule has 18 heavy (non-hydrogen) atoms. The van der Waals surface area contributed by atoms with Crippen molar-refractivity contribution in [3.63, 3.8) is 0 Å². The van der Waals surface area contributed by atoms with Crippen molar-refractivity contribution in [2.75, 3.05) is 0 Å². The monoisotopic (exact) mass is 329 g/mol. The number of rotatable bonds is 4. The molecular formula is C10H8BrN3O3S. The smallest absolute Gasteiger partial charge is 0.406 e. The van der Waals surface area contributed by atoms with Gasteiger partial charge in [-0.25, -0.2) is 4.98 Å². The van der Waals surface area contributed by atoms with E-state index in [0.29, 0.717) is 4.47 Å². The summed E-state index contributed by atoms with van der Waals surface area (Å²) in [5.41, 5.74) is 0. The quantitative estimate of drug-likeness (QED) is 0.634. The molecule has 0 fully saturated rings. The number of thiazole rings is 1. The van der Waals surface area contributed by atoms with Gasteiger partial charge in [-0.15, -0.1) is 11.3 Å². The van der Waals surface area contributed by atoms with Crippen LogP contribution in [0.1, 0.15) is 18.0 Å². The van der Waals surface area contributed by atoms with Crippen molar-refractivity contribution in [1.29, 1.82) is 0 Å². The van der Waals surface area contributed by atoms with Crippen LogP contribution in [0.5, 0.6) is 5.75 Å². The van der Waals surface area contributed by atoms with Gasteiger partial charge >= 0.3 is 5.82 Å². The molecule has 0 saturated carbocycles. The number of hydrogen-bond acceptors (Lipinski definition) is 6. The second-order valence-corrected chi connectivity index (χ2v) is 5.20. The highest BCUT2D eigenvalue weighted by atomic mass is 79.9. The molecular weight excluding hydrogens is 322 g/mol. The molecule has 8 heteroatoms. The average Bonchev–Trinajstić information content (AvgIpc) is 2.81. The van der Waals surface area contributed by atoms with Crippen molar-refractivity contribution in [2.45, 2.75) is 13.0 Å². The van der Waals surface area contributed by atoms with Crippen LogP contribution in [-0.2, 0) is 0 Å². The maximum Gasteiger partial charge on any atom is 0.406 e. The van der Waals surface area contributed by atoms with Gasteiger partial charge in [-0.1, -0.05) is 0 Å². The van der Waals surface area contributed by atoms with Gasteiger partial charge in [0, 0.05) is 17.6 Å². The summed E-state index contributed by atoms with van der Waals surface area (Å²) < 4.78 is 6.17. The van der Waals surface area contributed by atoms with E-state index in [0.717, 1.165) is 5.01 Å². The minimum absolute atomic E-state index is 0.122. The Morgan fingerprint density at radius 2 is 2.33 bits per heavy atom. The second-order valence-electron chi connectivity index (χ2n) is 3.36. The lowest BCUT2D eigenvalue weighted by Crippen LogP contribution is -2.05. The first-order valence-corrected chi connectivity index (χ1v) is 6.61. The summed E-state index contributed by atoms with van der Waals surface area (Å²) in [5, 5.41) is 13.4. The lowest BCUT2D eigenvalue weighted by Gasteiger charge is -2.11. The van der Waals surface area contributed by atoms with Crippen LogP contribution in [0, 0.1) is 10.1 Å². The Balaban J connectivity index is 2.28. The fraction of sp³-hybridized carbons (Fsp3) is 0.200. The number of hydrogen-bond donors (Lipinski definition) is 0. The van der Waals surface area contributed by atoms with E-state index >= 15 is 0 Å². The van der Waals surface area contributed by atoms with Gasteiger partial charge in [-0.3, -0.25) is 0 Å². The van der Waals surface area contributed by atoms with Crippen molar-refractivity contribution in [1.82, 2.24) is 9.97 Å². The Bertz CT molecular complexity index is 562. The number of nitrogens with zero attached hydrogens (tertiary/aromatic N) is 3. The third kappa shape index (κ3) is 2.82. The average molecular weight is 330 g/mol. The van der Waals surface area contributed by atoms with E-state index in [1.54, 1.807) is 13.1 Å². The predicted molar refractivity (Wildman–Crippen MR) is 69.7 cm³/mol. The van der Waals surface area contributed by atoms with Gasteiger partial charge in [0.1, 0.15) is 11.1 Å². The zero-order valence-electron chi connectivity index (χ0n) is 9.24. The highest BCUT2D eigenvalue weighted by Crippen LogP contribution is 2.31. The maximum atomic E-state index is 10.8. The van der Waals surface area contributed by atoms with E-state index in [4.69, 9.17) is 4.74 Å². The fourth-order valence-electron chi connectivity index (χ4n) is 1.31. The van der Waals surface area contributed by atoms with Crippen molar-refractivity contribution in [3.05, 3.63) is 43.4 Å². The van der Waals surface area contributed by atoms with Crippen molar-refractivity contribution in [3.8, 4) is 5.75 Å². The summed E-state index contributed by atoms with van der Waals surface area (Å²) in [5.74, 6) is -0.182. The van der Waals surface area contributed by atoms with Gasteiger partial charge in [0.15, 0.2) is 6.20 Å². The number of halogens is 1. The van der Waals surface area contributed by atoms with Crippen LogP contribution < -0.4 is 4.74 Å². The zero-order valence-corrected chi connectivity index (χ0v) is 11.6. The van der Waals surface area contributed by atoms with Crippen LogP contribution >= 0.6 is 27.3 Å². The second kappa shape index (κ2) is 5.40. The molecule has 2 aromatic rings. The first kappa shape index (κ1) is 12.9. The van der Waals surface area contributed by atoms with Gasteiger partial charge in [0.05, 0.1) is 4.47 Å². The van der Waals surface area contributed by atoms with Crippen LogP contribution in [0.15, 0.2) is 28.3 Å². The molecule has 0 amide bonds. The van der Waals surface area contributed by atoms with Crippen molar-refractivity contribution < 1.29 is 9.66 Å². The highest BCUT2D eigenvalue weighted by Gasteiger charge is 2.21. The Morgan fingerprint density at radius 3 is 2.94 bits per heavy atom. The van der Waals surface area contributed by atoms with E-state index in [-0.39, 0.29) is 17.7 Å². The van der Waals surface area contributed by atoms with E-state index in [2.05, 4.69) is 25.9 Å². The Kier molecular flexibility index (Phi) is 3.87. The molecule has 1 atom stereocenters. The summed E-state index contributed by atoms with van der Waals surface area (Å²) in [7, 11) is 0. The molecule has 0 spiro atoms. The highest BCUT2D eigenvalue weighted by molar-refractivity contribution is 9.10. The summed E-state index contributed by atoms with van der Waals surface area (Å²) in [6.45, 7) is 1.78. The number of aromatic nitrogens is 2. The molecule has 0 aromatic carbocycles. The SMILES string of the molecule is CC(Oc1cc(Br)cnc1[N+](=O)[O-])c1nccs1. The van der Waals surface area contributed by atoms with E-state index in [9.17, 15) is 10.1 Å². The lowest BCUT2D eigenvalue weighted by molar-refractivity contribution is -0.390. The van der Waals surface area contributed by atoms with E-state index < -0.39 is 4.92 Å². The fourth-order valence-corrected chi connectivity index (χ4v) is 2.25. The number of nitro groups is 1. The van der Waals surface area contributed by atoms with Gasteiger partial charge in [0.25, 0.3) is 0 Å². The third-order valence-corrected chi connectivity index (χ3v) is 3.45. The molecule has 2 rings (SSSR count). The molecule has 0 bridgehead atoms. The minimum Gasteiger partial charge on any atom is -0.475 e. The first-order valence-electron chi connectivity index (χ1n) is 4.94. The standard InChI is InChI=1S/C10H8BrN3O3S/c1-6(10-12-2-3-18-10)17-8-4-7(11)5-13-9(8)14(15)16/h2-6H,1H3. The maximum absolute atomic E-state index is 10.8. The third-order valence-electron chi connectivity index (χ3n) is 2.08. The Morgan fingerprint density at radius 1 is 1.56 bits per heavy atom. The van der Waals surface area contributed by atoms with E-state index in [1.165, 1.54) is 23.6 Å². The molecule has 2 aromatic heterocycles. The first-order chi connectivity index (χ1) is 8.58. The van der Waals surface area contributed by atoms with Crippen LogP contribution in [0.4, 0.5) is 5.82 Å². The molecule has 0 radical (unpaired) electrons. The number of pyridine rings is 1. The molecule has 0 saturated heterocycles. The lowest BCUT2D eigenvalue weighted by atomic mass is 10.4. The van der Waals surface area contributed by atoms with Crippen molar-refractivity contribution in [2.24, 2.45) is 0 Å². The Hall–Kier alpha value is -1.54. The molecule has 6 nitrogen and oxygen atoms in total. The Labute approximate surface area is 115 Å². The minimum atomic E-state index is -0.573. The summed E-state index contributed by atoms with van der Waals surface area (Å²) in [4.78, 5) is 18.1. The van der Waals surface area contributed by atoms with Crippen LogP contribution in [-0.4, -0.2) is 14.9 Å². The van der Waals surface area contributed by atoms with Crippen LogP contribution in [0.2, 0.25) is 0 Å². The van der Waals surface area contributed by atoms with Gasteiger partial charge in [0.2, 0.25) is 5.75 Å². The largest absolute Gasteiger partial charge is 0.475 e. The molecule has 0 N–H and O–H groups in total. The molecule has 0 aliphatic carbocycles. The van der Waals surface area contributed by atoms with Gasteiger partial charge in [-0.2, -0.15) is 0 Å². The molecule has 94 valence electrons. The summed E-state index contributed by atoms with van der Waals surface area (Å²) in [6.07, 6.45) is 2.66. The molecule has 0 aliphatic heterocycles. The number of ether oxygens (including phenoxy) is 1. The molecule has 1 unspecified atom stereocenters. The van der Waals surface area contributed by atoms with Gasteiger partial charge < -0.3 is 14.9 Å². The van der Waals surface area contributed by atoms with Crippen LogP contribution in [0.25, 0.3) is 0 Å².